The molecule has 21 heavy (non-hydrogen) atoms. The Morgan fingerprint density at radius 2 is 2.00 bits per heavy atom. The number of nitrogen functional groups attached to an aromatic ring is 1. The van der Waals surface area contributed by atoms with Crippen molar-refractivity contribution in [2.75, 3.05) is 5.73 Å². The molecule has 4 N–H and O–H groups in total. The lowest BCUT2D eigenvalue weighted by atomic mass is 10.1. The molecule has 3 rings (SSSR count). The number of nitrogens with two attached hydrogens (primary N) is 1. The van der Waals surface area contributed by atoms with Crippen LogP contribution < -0.4 is 10.5 Å². The molecule has 0 saturated carbocycles. The minimum atomic E-state index is -0.551. The van der Waals surface area contributed by atoms with Crippen LogP contribution in [0.3, 0.4) is 0 Å². The van der Waals surface area contributed by atoms with E-state index in [1.165, 1.54) is 18.2 Å². The summed E-state index contributed by atoms with van der Waals surface area (Å²) >= 11 is 0. The maximum Gasteiger partial charge on any atom is 0.167 e. The molecule has 0 spiro atoms. The number of phenols is 1. The van der Waals surface area contributed by atoms with Crippen molar-refractivity contribution in [1.29, 1.82) is 0 Å². The highest BCUT2D eigenvalue weighted by Crippen LogP contribution is 2.34. The van der Waals surface area contributed by atoms with Crippen molar-refractivity contribution >= 4 is 5.69 Å². The predicted octanol–water partition coefficient (Wildman–Crippen LogP) is 3.30. The molecule has 0 unspecified atom stereocenters. The quantitative estimate of drug-likeness (QED) is 0.645. The molecule has 0 fully saturated rings. The second-order valence-corrected chi connectivity index (χ2v) is 4.43. The van der Waals surface area contributed by atoms with Crippen LogP contribution in [0.5, 0.6) is 17.2 Å². The van der Waals surface area contributed by atoms with Crippen molar-refractivity contribution in [3.63, 3.8) is 0 Å². The molecule has 0 saturated heterocycles. The highest BCUT2D eigenvalue weighted by atomic mass is 19.1. The number of halogens is 1. The second kappa shape index (κ2) is 5.16. The molecule has 1 heterocycles. The van der Waals surface area contributed by atoms with Crippen LogP contribution in [0.1, 0.15) is 0 Å². The van der Waals surface area contributed by atoms with Gasteiger partial charge < -0.3 is 15.6 Å². The van der Waals surface area contributed by atoms with E-state index in [0.717, 1.165) is 0 Å². The summed E-state index contributed by atoms with van der Waals surface area (Å²) in [5, 5.41) is 16.5. The van der Waals surface area contributed by atoms with Crippen molar-refractivity contribution in [2.24, 2.45) is 0 Å². The zero-order chi connectivity index (χ0) is 14.8. The lowest BCUT2D eigenvalue weighted by Crippen LogP contribution is -1.92. The van der Waals surface area contributed by atoms with Gasteiger partial charge in [0.1, 0.15) is 11.5 Å². The van der Waals surface area contributed by atoms with E-state index in [4.69, 9.17) is 10.5 Å². The molecule has 5 nitrogen and oxygen atoms in total. The summed E-state index contributed by atoms with van der Waals surface area (Å²) in [6.45, 7) is 0. The molecule has 106 valence electrons. The van der Waals surface area contributed by atoms with E-state index in [0.29, 0.717) is 22.7 Å². The van der Waals surface area contributed by atoms with Crippen LogP contribution in [-0.2, 0) is 0 Å². The molecule has 0 aliphatic rings. The molecule has 1 aromatic heterocycles. The third kappa shape index (κ3) is 2.64. The number of anilines is 1. The number of aromatic nitrogens is 2. The van der Waals surface area contributed by atoms with Gasteiger partial charge in [-0.25, -0.2) is 4.39 Å². The van der Waals surface area contributed by atoms with Crippen molar-refractivity contribution in [1.82, 2.24) is 10.2 Å². The van der Waals surface area contributed by atoms with Gasteiger partial charge in [0.25, 0.3) is 0 Å². The molecular weight excluding hydrogens is 273 g/mol. The molecule has 0 bridgehead atoms. The average molecular weight is 285 g/mol. The van der Waals surface area contributed by atoms with Gasteiger partial charge in [-0.1, -0.05) is 0 Å². The highest BCUT2D eigenvalue weighted by molar-refractivity contribution is 5.68. The van der Waals surface area contributed by atoms with Gasteiger partial charge in [0, 0.05) is 23.5 Å². The Bertz CT molecular complexity index is 773. The third-order valence-corrected chi connectivity index (χ3v) is 2.93. The Hall–Kier alpha value is -3.02. The number of H-pyrrole nitrogens is 1. The maximum atomic E-state index is 13.7. The van der Waals surface area contributed by atoms with Crippen LogP contribution in [-0.4, -0.2) is 15.3 Å². The molecule has 0 radical (unpaired) electrons. The lowest BCUT2D eigenvalue weighted by molar-refractivity contribution is 0.439. The summed E-state index contributed by atoms with van der Waals surface area (Å²) in [4.78, 5) is 0. The maximum absolute atomic E-state index is 13.7. The van der Waals surface area contributed by atoms with E-state index < -0.39 is 5.82 Å². The zero-order valence-electron chi connectivity index (χ0n) is 10.9. The summed E-state index contributed by atoms with van der Waals surface area (Å²) < 4.78 is 19.2. The van der Waals surface area contributed by atoms with Gasteiger partial charge in [-0.15, -0.1) is 0 Å². The summed E-state index contributed by atoms with van der Waals surface area (Å²) in [6, 6.07) is 10.5. The Balaban J connectivity index is 1.95. The summed E-state index contributed by atoms with van der Waals surface area (Å²) in [5.74, 6) is -0.0473. The average Bonchev–Trinajstić information content (AvgIpc) is 2.98. The number of hydrogen-bond donors (Lipinski definition) is 3. The number of rotatable bonds is 3. The lowest BCUT2D eigenvalue weighted by Gasteiger charge is -2.09. The molecule has 0 aliphatic carbocycles. The van der Waals surface area contributed by atoms with Crippen LogP contribution in [0.15, 0.2) is 48.7 Å². The van der Waals surface area contributed by atoms with Gasteiger partial charge in [-0.2, -0.15) is 5.10 Å². The van der Waals surface area contributed by atoms with E-state index in [1.54, 1.807) is 30.5 Å². The SMILES string of the molecule is Nc1ccc(Oc2ccc(O)c(-c3cc[nH]n3)c2)c(F)c1. The van der Waals surface area contributed by atoms with Gasteiger partial charge in [-0.3, -0.25) is 5.10 Å². The number of phenolic OH excluding ortho intramolecular Hbond substituents is 1. The van der Waals surface area contributed by atoms with Crippen molar-refractivity contribution in [2.45, 2.75) is 0 Å². The monoisotopic (exact) mass is 285 g/mol. The van der Waals surface area contributed by atoms with Gasteiger partial charge >= 0.3 is 0 Å². The fraction of sp³-hybridized carbons (Fsp3) is 0. The van der Waals surface area contributed by atoms with Crippen LogP contribution in [0.2, 0.25) is 0 Å². The highest BCUT2D eigenvalue weighted by Gasteiger charge is 2.10. The Morgan fingerprint density at radius 1 is 1.14 bits per heavy atom. The summed E-state index contributed by atoms with van der Waals surface area (Å²) in [5.41, 5.74) is 6.87. The van der Waals surface area contributed by atoms with Gasteiger partial charge in [0.05, 0.1) is 5.69 Å². The number of aromatic amines is 1. The second-order valence-electron chi connectivity index (χ2n) is 4.43. The van der Waals surface area contributed by atoms with Crippen molar-refractivity contribution < 1.29 is 14.2 Å². The van der Waals surface area contributed by atoms with E-state index >= 15 is 0 Å². The minimum Gasteiger partial charge on any atom is -0.507 e. The molecular formula is C15H12FN3O2. The first-order chi connectivity index (χ1) is 10.1. The first-order valence-corrected chi connectivity index (χ1v) is 6.19. The zero-order valence-corrected chi connectivity index (χ0v) is 10.9. The molecule has 0 aliphatic heterocycles. The van der Waals surface area contributed by atoms with Crippen molar-refractivity contribution in [3.8, 4) is 28.5 Å². The van der Waals surface area contributed by atoms with Crippen LogP contribution >= 0.6 is 0 Å². The standard InChI is InChI=1S/C15H12FN3O2/c16-12-7-9(17)1-4-15(12)21-10-2-3-14(20)11(8-10)13-5-6-18-19-13/h1-8,20H,17H2,(H,18,19). The number of benzene rings is 2. The van der Waals surface area contributed by atoms with Crippen molar-refractivity contribution in [3.05, 3.63) is 54.5 Å². The molecule has 2 aromatic carbocycles. The third-order valence-electron chi connectivity index (χ3n) is 2.93. The first-order valence-electron chi connectivity index (χ1n) is 6.19. The normalized spacial score (nSPS) is 10.5. The number of ether oxygens (including phenoxy) is 1. The Labute approximate surface area is 119 Å². The first kappa shape index (κ1) is 13.0. The predicted molar refractivity (Wildman–Crippen MR) is 76.6 cm³/mol. The van der Waals surface area contributed by atoms with Gasteiger partial charge in [0.15, 0.2) is 11.6 Å². The Morgan fingerprint density at radius 3 is 2.71 bits per heavy atom. The van der Waals surface area contributed by atoms with Crippen LogP contribution in [0, 0.1) is 5.82 Å². The van der Waals surface area contributed by atoms with Gasteiger partial charge in [-0.05, 0) is 36.4 Å². The topological polar surface area (TPSA) is 84.2 Å². The van der Waals surface area contributed by atoms with E-state index in [9.17, 15) is 9.50 Å². The fourth-order valence-electron chi connectivity index (χ4n) is 1.92. The van der Waals surface area contributed by atoms with Crippen LogP contribution in [0.4, 0.5) is 10.1 Å². The minimum absolute atomic E-state index is 0.0582. The van der Waals surface area contributed by atoms with E-state index in [2.05, 4.69) is 10.2 Å². The smallest absolute Gasteiger partial charge is 0.167 e. The fourth-order valence-corrected chi connectivity index (χ4v) is 1.92. The van der Waals surface area contributed by atoms with E-state index in [-0.39, 0.29) is 11.5 Å². The number of hydrogen-bond acceptors (Lipinski definition) is 4. The van der Waals surface area contributed by atoms with Gasteiger partial charge in [0.2, 0.25) is 0 Å². The van der Waals surface area contributed by atoms with Crippen LogP contribution in [0.25, 0.3) is 11.3 Å². The molecule has 0 amide bonds. The molecule has 3 aromatic rings. The number of nitrogens with one attached hydrogen (secondary N) is 1. The molecule has 6 heteroatoms. The van der Waals surface area contributed by atoms with E-state index in [1.807, 2.05) is 0 Å². The largest absolute Gasteiger partial charge is 0.507 e. The molecule has 0 atom stereocenters. The Kier molecular flexibility index (Phi) is 3.19. The summed E-state index contributed by atoms with van der Waals surface area (Å²) in [6.07, 6.45) is 1.64. The summed E-state index contributed by atoms with van der Waals surface area (Å²) in [7, 11) is 0. The number of nitrogens with zero attached hydrogens (tertiary/aromatic N) is 1. The number of aromatic hydroxyl groups is 1.